The summed E-state index contributed by atoms with van der Waals surface area (Å²) in [5.74, 6) is -0.358. The minimum absolute atomic E-state index is 0.181. The van der Waals surface area contributed by atoms with Gasteiger partial charge in [-0.2, -0.15) is 13.2 Å². The average Bonchev–Trinajstić information content (AvgIpc) is 2.93. The highest BCUT2D eigenvalue weighted by atomic mass is 19.4. The van der Waals surface area contributed by atoms with Gasteiger partial charge in [0.2, 0.25) is 0 Å². The van der Waals surface area contributed by atoms with Crippen molar-refractivity contribution in [2.24, 2.45) is 0 Å². The maximum absolute atomic E-state index is 13.5. The number of ether oxygens (including phenoxy) is 1. The summed E-state index contributed by atoms with van der Waals surface area (Å²) in [4.78, 5) is 3.46. The minimum atomic E-state index is -4.84. The van der Waals surface area contributed by atoms with Crippen LogP contribution in [0, 0.1) is 0 Å². The summed E-state index contributed by atoms with van der Waals surface area (Å²) in [7, 11) is 0. The smallest absolute Gasteiger partial charge is 0.406 e. The normalized spacial score (nSPS) is 16.3. The number of nitrogens with zero attached hydrogens (tertiary/aromatic N) is 2. The summed E-state index contributed by atoms with van der Waals surface area (Å²) in [6, 6.07) is 29.0. The Labute approximate surface area is 233 Å². The van der Waals surface area contributed by atoms with E-state index in [4.69, 9.17) is 0 Å². The van der Waals surface area contributed by atoms with E-state index in [2.05, 4.69) is 4.74 Å². The molecule has 41 heavy (non-hydrogen) atoms. The number of hydrogen-bond donors (Lipinski definition) is 1. The highest BCUT2D eigenvalue weighted by molar-refractivity contribution is 5.75. The summed E-state index contributed by atoms with van der Waals surface area (Å²) in [6.07, 6.45) is -12.2. The van der Waals surface area contributed by atoms with Crippen LogP contribution in [0.3, 0.4) is 0 Å². The van der Waals surface area contributed by atoms with Gasteiger partial charge in [-0.15, -0.1) is 13.2 Å². The van der Waals surface area contributed by atoms with Crippen LogP contribution in [-0.4, -0.2) is 36.8 Å². The van der Waals surface area contributed by atoms with Crippen LogP contribution in [0.15, 0.2) is 103 Å². The Morgan fingerprint density at radius 3 is 2.05 bits per heavy atom. The number of para-hydroxylation sites is 2. The quantitative estimate of drug-likeness (QED) is 0.230. The Balaban J connectivity index is 1.51. The van der Waals surface area contributed by atoms with Gasteiger partial charge in [-0.1, -0.05) is 78.9 Å². The molecule has 4 nitrogen and oxygen atoms in total. The molecule has 0 amide bonds. The fourth-order valence-electron chi connectivity index (χ4n) is 5.09. The maximum atomic E-state index is 13.5. The number of hydrogen-bond acceptors (Lipinski definition) is 4. The number of halogens is 6. The van der Waals surface area contributed by atoms with Gasteiger partial charge in [0.05, 0.1) is 24.0 Å². The molecule has 5 rings (SSSR count). The SMILES string of the molecule is OC(CN1c2ccccc2N(Cc2cccc(OC(F)(F)F)c2)CC1c1ccc(-c2ccccc2)cc1)C(F)(F)F. The van der Waals surface area contributed by atoms with Crippen molar-refractivity contribution < 1.29 is 36.2 Å². The van der Waals surface area contributed by atoms with E-state index in [1.807, 2.05) is 59.5 Å². The predicted molar refractivity (Wildman–Crippen MR) is 145 cm³/mol. The molecule has 0 bridgehead atoms. The zero-order chi connectivity index (χ0) is 29.2. The van der Waals surface area contributed by atoms with E-state index in [-0.39, 0.29) is 18.8 Å². The van der Waals surface area contributed by atoms with E-state index in [0.29, 0.717) is 16.9 Å². The number of anilines is 2. The average molecular weight is 573 g/mol. The number of β-amino-alcohol motifs (C(OH)–C–C–N with tert-alkyl or cyclic N) is 1. The Morgan fingerprint density at radius 2 is 1.39 bits per heavy atom. The first-order chi connectivity index (χ1) is 19.5. The van der Waals surface area contributed by atoms with Crippen LogP contribution in [-0.2, 0) is 6.54 Å². The van der Waals surface area contributed by atoms with Crippen molar-refractivity contribution in [2.45, 2.75) is 31.2 Å². The van der Waals surface area contributed by atoms with Crippen LogP contribution >= 0.6 is 0 Å². The topological polar surface area (TPSA) is 35.9 Å². The maximum Gasteiger partial charge on any atom is 0.573 e. The van der Waals surface area contributed by atoms with Gasteiger partial charge < -0.3 is 19.6 Å². The molecule has 0 saturated heterocycles. The highest BCUT2D eigenvalue weighted by Crippen LogP contribution is 2.43. The van der Waals surface area contributed by atoms with E-state index in [1.165, 1.54) is 18.2 Å². The molecule has 0 radical (unpaired) electrons. The van der Waals surface area contributed by atoms with Crippen LogP contribution in [0.5, 0.6) is 5.75 Å². The molecule has 10 heteroatoms. The molecule has 1 N–H and O–H groups in total. The third-order valence-electron chi connectivity index (χ3n) is 6.96. The van der Waals surface area contributed by atoms with Gasteiger partial charge in [0.1, 0.15) is 5.75 Å². The first kappa shape index (κ1) is 28.4. The lowest BCUT2D eigenvalue weighted by molar-refractivity contribution is -0.274. The monoisotopic (exact) mass is 572 g/mol. The molecule has 0 aliphatic carbocycles. The fraction of sp³-hybridized carbons (Fsp3) is 0.226. The highest BCUT2D eigenvalue weighted by Gasteiger charge is 2.42. The first-order valence-electron chi connectivity index (χ1n) is 12.8. The fourth-order valence-corrected chi connectivity index (χ4v) is 5.09. The molecule has 0 aromatic heterocycles. The van der Waals surface area contributed by atoms with E-state index in [1.54, 1.807) is 35.2 Å². The van der Waals surface area contributed by atoms with Gasteiger partial charge in [-0.25, -0.2) is 0 Å². The van der Waals surface area contributed by atoms with Crippen molar-refractivity contribution in [3.63, 3.8) is 0 Å². The summed E-state index contributed by atoms with van der Waals surface area (Å²) in [6.45, 7) is -0.286. The van der Waals surface area contributed by atoms with Gasteiger partial charge >= 0.3 is 12.5 Å². The molecule has 1 heterocycles. The van der Waals surface area contributed by atoms with Gasteiger partial charge in [0, 0.05) is 13.1 Å². The molecule has 2 atom stereocenters. The van der Waals surface area contributed by atoms with Crippen molar-refractivity contribution in [3.8, 4) is 16.9 Å². The number of fused-ring (bicyclic) bond motifs is 1. The number of rotatable bonds is 7. The third-order valence-corrected chi connectivity index (χ3v) is 6.96. The van der Waals surface area contributed by atoms with Crippen molar-refractivity contribution in [1.29, 1.82) is 0 Å². The second-order valence-electron chi connectivity index (χ2n) is 9.78. The third kappa shape index (κ3) is 6.77. The molecule has 4 aromatic rings. The van der Waals surface area contributed by atoms with Crippen molar-refractivity contribution in [3.05, 3.63) is 114 Å². The van der Waals surface area contributed by atoms with Crippen LogP contribution in [0.4, 0.5) is 37.7 Å². The number of aliphatic hydroxyl groups excluding tert-OH is 1. The molecule has 0 saturated carbocycles. The van der Waals surface area contributed by atoms with Crippen LogP contribution < -0.4 is 14.5 Å². The van der Waals surface area contributed by atoms with E-state index < -0.39 is 31.2 Å². The number of aliphatic hydroxyl groups is 1. The Bertz CT molecular complexity index is 1460. The van der Waals surface area contributed by atoms with Gasteiger partial charge in [-0.05, 0) is 46.5 Å². The molecule has 214 valence electrons. The predicted octanol–water partition coefficient (Wildman–Crippen LogP) is 7.74. The Kier molecular flexibility index (Phi) is 7.86. The number of benzene rings is 4. The number of alkyl halides is 6. The lowest BCUT2D eigenvalue weighted by atomic mass is 9.96. The molecule has 1 aliphatic rings. The van der Waals surface area contributed by atoms with Gasteiger partial charge in [-0.3, -0.25) is 0 Å². The summed E-state index contributed by atoms with van der Waals surface area (Å²) in [5, 5.41) is 10.1. The Hall–Kier alpha value is -4.18. The zero-order valence-corrected chi connectivity index (χ0v) is 21.6. The van der Waals surface area contributed by atoms with E-state index in [0.717, 1.165) is 16.7 Å². The molecule has 0 fully saturated rings. The van der Waals surface area contributed by atoms with Crippen LogP contribution in [0.2, 0.25) is 0 Å². The lowest BCUT2D eigenvalue weighted by Gasteiger charge is -2.45. The zero-order valence-electron chi connectivity index (χ0n) is 21.6. The second kappa shape index (κ2) is 11.4. The van der Waals surface area contributed by atoms with Crippen molar-refractivity contribution in [1.82, 2.24) is 0 Å². The lowest BCUT2D eigenvalue weighted by Crippen LogP contribution is -2.49. The minimum Gasteiger partial charge on any atom is -0.406 e. The summed E-state index contributed by atoms with van der Waals surface area (Å²) >= 11 is 0. The molecule has 4 aromatic carbocycles. The van der Waals surface area contributed by atoms with Gasteiger partial charge in [0.15, 0.2) is 6.10 Å². The van der Waals surface area contributed by atoms with Gasteiger partial charge in [0.25, 0.3) is 0 Å². The second-order valence-corrected chi connectivity index (χ2v) is 9.78. The summed E-state index contributed by atoms with van der Waals surface area (Å²) < 4.78 is 82.9. The van der Waals surface area contributed by atoms with E-state index in [9.17, 15) is 31.4 Å². The molecule has 2 unspecified atom stereocenters. The summed E-state index contributed by atoms with van der Waals surface area (Å²) in [5.41, 5.74) is 4.25. The van der Waals surface area contributed by atoms with Crippen LogP contribution in [0.25, 0.3) is 11.1 Å². The van der Waals surface area contributed by atoms with Crippen molar-refractivity contribution >= 4 is 11.4 Å². The molecular weight excluding hydrogens is 546 g/mol. The molecule has 1 aliphatic heterocycles. The first-order valence-corrected chi connectivity index (χ1v) is 12.8. The standard InChI is InChI=1S/C31H26F6N2O2/c32-30(33,34)29(40)20-39-27-12-5-4-11-26(27)38(18-21-7-6-10-25(17-21)41-31(35,36)37)19-28(39)24-15-13-23(14-16-24)22-8-2-1-3-9-22/h1-17,28-29,40H,18-20H2. The van der Waals surface area contributed by atoms with Crippen molar-refractivity contribution in [2.75, 3.05) is 22.9 Å². The van der Waals surface area contributed by atoms with E-state index >= 15 is 0 Å². The largest absolute Gasteiger partial charge is 0.573 e. The molecule has 0 spiro atoms. The molecular formula is C31H26F6N2O2. The van der Waals surface area contributed by atoms with Crippen LogP contribution in [0.1, 0.15) is 17.2 Å². The Morgan fingerprint density at radius 1 is 0.756 bits per heavy atom.